The highest BCUT2D eigenvalue weighted by molar-refractivity contribution is 5.66. The molecule has 0 aromatic rings. The molecule has 1 atom stereocenters. The lowest BCUT2D eigenvalue weighted by Gasteiger charge is -2.10. The average Bonchev–Trinajstić information content (AvgIpc) is 2.18. The van der Waals surface area contributed by atoms with Gasteiger partial charge in [0.2, 0.25) is 0 Å². The van der Waals surface area contributed by atoms with Crippen molar-refractivity contribution in [1.82, 2.24) is 5.32 Å². The predicted octanol–water partition coefficient (Wildman–Crippen LogP) is 2.03. The molecule has 0 saturated heterocycles. The molecule has 0 rings (SSSR count). The summed E-state index contributed by atoms with van der Waals surface area (Å²) >= 11 is 0. The van der Waals surface area contributed by atoms with Gasteiger partial charge in [0, 0.05) is 12.6 Å². The molecule has 3 N–H and O–H groups in total. The van der Waals surface area contributed by atoms with Gasteiger partial charge in [-0.2, -0.15) is 0 Å². The third-order valence-electron chi connectivity index (χ3n) is 2.18. The van der Waals surface area contributed by atoms with Gasteiger partial charge in [0.1, 0.15) is 0 Å². The van der Waals surface area contributed by atoms with Crippen LogP contribution in [-0.4, -0.2) is 25.3 Å². The first-order chi connectivity index (χ1) is 7.20. The molecule has 1 unspecified atom stereocenters. The molecule has 4 nitrogen and oxygen atoms in total. The highest BCUT2D eigenvalue weighted by Gasteiger charge is 2.04. The Balaban J connectivity index is 3.30. The fourth-order valence-electron chi connectivity index (χ4n) is 1.24. The van der Waals surface area contributed by atoms with Gasteiger partial charge in [-0.1, -0.05) is 26.7 Å². The molecule has 0 aliphatic rings. The summed E-state index contributed by atoms with van der Waals surface area (Å²) in [6, 6.07) is 0.151. The van der Waals surface area contributed by atoms with Crippen LogP contribution in [0.4, 0.5) is 4.79 Å². The fraction of sp³-hybridized carbons (Fsp3) is 0.909. The maximum Gasteiger partial charge on any atom is 0.407 e. The van der Waals surface area contributed by atoms with E-state index in [1.807, 2.05) is 0 Å². The largest absolute Gasteiger partial charge is 0.450 e. The monoisotopic (exact) mass is 216 g/mol. The van der Waals surface area contributed by atoms with E-state index in [2.05, 4.69) is 19.2 Å². The Morgan fingerprint density at radius 1 is 1.33 bits per heavy atom. The first kappa shape index (κ1) is 14.2. The zero-order valence-corrected chi connectivity index (χ0v) is 9.92. The molecule has 0 aromatic carbocycles. The second-order valence-corrected chi connectivity index (χ2v) is 3.75. The van der Waals surface area contributed by atoms with Gasteiger partial charge in [-0.15, -0.1) is 0 Å². The number of hydrogen-bond acceptors (Lipinski definition) is 3. The lowest BCUT2D eigenvalue weighted by atomic mass is 10.1. The number of carbonyl (C=O) groups is 1. The van der Waals surface area contributed by atoms with Crippen molar-refractivity contribution >= 4 is 6.09 Å². The summed E-state index contributed by atoms with van der Waals surface area (Å²) in [5.74, 6) is 0. The predicted molar refractivity (Wildman–Crippen MR) is 61.8 cm³/mol. The normalized spacial score (nSPS) is 12.2. The fourth-order valence-corrected chi connectivity index (χ4v) is 1.24. The summed E-state index contributed by atoms with van der Waals surface area (Å²) in [6.45, 7) is 5.28. The van der Waals surface area contributed by atoms with Crippen LogP contribution < -0.4 is 11.1 Å². The molecule has 0 aromatic heterocycles. The second-order valence-electron chi connectivity index (χ2n) is 3.75. The van der Waals surface area contributed by atoms with Crippen molar-refractivity contribution in [2.24, 2.45) is 5.73 Å². The minimum atomic E-state index is -0.327. The van der Waals surface area contributed by atoms with Crippen LogP contribution in [-0.2, 0) is 4.74 Å². The van der Waals surface area contributed by atoms with Crippen LogP contribution in [0, 0.1) is 0 Å². The van der Waals surface area contributed by atoms with Crippen molar-refractivity contribution in [3.8, 4) is 0 Å². The van der Waals surface area contributed by atoms with E-state index in [0.29, 0.717) is 13.2 Å². The van der Waals surface area contributed by atoms with Crippen LogP contribution in [0.25, 0.3) is 0 Å². The van der Waals surface area contributed by atoms with E-state index in [4.69, 9.17) is 10.5 Å². The number of amides is 1. The Labute approximate surface area is 92.6 Å². The Bertz CT molecular complexity index is 163. The maximum absolute atomic E-state index is 11.1. The highest BCUT2D eigenvalue weighted by Crippen LogP contribution is 1.98. The lowest BCUT2D eigenvalue weighted by molar-refractivity contribution is 0.142. The lowest BCUT2D eigenvalue weighted by Crippen LogP contribution is -2.28. The van der Waals surface area contributed by atoms with E-state index >= 15 is 0 Å². The van der Waals surface area contributed by atoms with Crippen molar-refractivity contribution in [2.45, 2.75) is 52.0 Å². The van der Waals surface area contributed by atoms with Crippen molar-refractivity contribution in [3.05, 3.63) is 0 Å². The minimum Gasteiger partial charge on any atom is -0.450 e. The highest BCUT2D eigenvalue weighted by atomic mass is 16.5. The number of hydrogen-bond donors (Lipinski definition) is 2. The Hall–Kier alpha value is -0.770. The molecule has 15 heavy (non-hydrogen) atoms. The van der Waals surface area contributed by atoms with E-state index in [0.717, 1.165) is 32.1 Å². The molecule has 0 bridgehead atoms. The molecule has 0 fully saturated rings. The second kappa shape index (κ2) is 9.77. The summed E-state index contributed by atoms with van der Waals surface area (Å²) in [5, 5.41) is 2.69. The van der Waals surface area contributed by atoms with Crippen LogP contribution in [0.5, 0.6) is 0 Å². The molecule has 1 amide bonds. The maximum atomic E-state index is 11.1. The van der Waals surface area contributed by atoms with Gasteiger partial charge in [-0.3, -0.25) is 0 Å². The van der Waals surface area contributed by atoms with Crippen LogP contribution in [0.15, 0.2) is 0 Å². The van der Waals surface area contributed by atoms with Crippen molar-refractivity contribution in [1.29, 1.82) is 0 Å². The van der Waals surface area contributed by atoms with Crippen LogP contribution >= 0.6 is 0 Å². The number of carbonyl (C=O) groups excluding carboxylic acids is 1. The summed E-state index contributed by atoms with van der Waals surface area (Å²) in [7, 11) is 0. The number of rotatable bonds is 8. The number of nitrogens with two attached hydrogens (primary N) is 1. The molecular formula is C11H24N2O2. The number of nitrogens with one attached hydrogen (secondary N) is 1. The zero-order chi connectivity index (χ0) is 11.5. The molecule has 0 radical (unpaired) electrons. The third-order valence-corrected chi connectivity index (χ3v) is 2.18. The smallest absolute Gasteiger partial charge is 0.407 e. The van der Waals surface area contributed by atoms with Gasteiger partial charge in [0.05, 0.1) is 6.61 Å². The molecule has 0 aliphatic carbocycles. The summed E-state index contributed by atoms with van der Waals surface area (Å²) in [4.78, 5) is 11.1. The van der Waals surface area contributed by atoms with Crippen LogP contribution in [0.2, 0.25) is 0 Å². The van der Waals surface area contributed by atoms with E-state index in [1.54, 1.807) is 0 Å². The SMILES string of the molecule is CCCCNC(=O)OCCC(N)CCC. The topological polar surface area (TPSA) is 64.3 Å². The molecular weight excluding hydrogens is 192 g/mol. The van der Waals surface area contributed by atoms with Crippen molar-refractivity contribution < 1.29 is 9.53 Å². The van der Waals surface area contributed by atoms with E-state index in [9.17, 15) is 4.79 Å². The van der Waals surface area contributed by atoms with Crippen LogP contribution in [0.1, 0.15) is 46.0 Å². The molecule has 0 saturated carbocycles. The first-order valence-corrected chi connectivity index (χ1v) is 5.86. The summed E-state index contributed by atoms with van der Waals surface area (Å²) < 4.78 is 4.98. The van der Waals surface area contributed by atoms with Gasteiger partial charge < -0.3 is 15.8 Å². The number of alkyl carbamates (subject to hydrolysis) is 1. The average molecular weight is 216 g/mol. The van der Waals surface area contributed by atoms with Gasteiger partial charge in [-0.05, 0) is 19.3 Å². The summed E-state index contributed by atoms with van der Waals surface area (Å²) in [6.07, 6.45) is 4.54. The quantitative estimate of drug-likeness (QED) is 0.610. The van der Waals surface area contributed by atoms with Crippen molar-refractivity contribution in [2.75, 3.05) is 13.2 Å². The number of ether oxygens (including phenoxy) is 1. The van der Waals surface area contributed by atoms with Crippen molar-refractivity contribution in [3.63, 3.8) is 0 Å². The van der Waals surface area contributed by atoms with Crippen LogP contribution in [0.3, 0.4) is 0 Å². The number of unbranched alkanes of at least 4 members (excludes halogenated alkanes) is 1. The molecule has 4 heteroatoms. The molecule has 90 valence electrons. The summed E-state index contributed by atoms with van der Waals surface area (Å²) in [5.41, 5.74) is 5.78. The Morgan fingerprint density at radius 2 is 2.07 bits per heavy atom. The molecule has 0 heterocycles. The van der Waals surface area contributed by atoms with E-state index < -0.39 is 0 Å². The zero-order valence-electron chi connectivity index (χ0n) is 9.92. The standard InChI is InChI=1S/C11H24N2O2/c1-3-5-8-13-11(14)15-9-7-10(12)6-4-2/h10H,3-9,12H2,1-2H3,(H,13,14). The first-order valence-electron chi connectivity index (χ1n) is 5.86. The Morgan fingerprint density at radius 3 is 2.67 bits per heavy atom. The van der Waals surface area contributed by atoms with Gasteiger partial charge >= 0.3 is 6.09 Å². The van der Waals surface area contributed by atoms with Gasteiger partial charge in [0.15, 0.2) is 0 Å². The van der Waals surface area contributed by atoms with E-state index in [1.165, 1.54) is 0 Å². The van der Waals surface area contributed by atoms with Gasteiger partial charge in [0.25, 0.3) is 0 Å². The molecule has 0 aliphatic heterocycles. The third kappa shape index (κ3) is 9.53. The molecule has 0 spiro atoms. The van der Waals surface area contributed by atoms with Gasteiger partial charge in [-0.25, -0.2) is 4.79 Å². The minimum absolute atomic E-state index is 0.151. The Kier molecular flexibility index (Phi) is 9.27. The van der Waals surface area contributed by atoms with E-state index in [-0.39, 0.29) is 12.1 Å².